The van der Waals surface area contributed by atoms with Gasteiger partial charge in [-0.15, -0.1) is 0 Å². The second-order valence-corrected chi connectivity index (χ2v) is 15.1. The van der Waals surface area contributed by atoms with Crippen LogP contribution in [-0.2, 0) is 9.59 Å². The summed E-state index contributed by atoms with van der Waals surface area (Å²) in [6, 6.07) is 0. The van der Waals surface area contributed by atoms with E-state index in [0.717, 1.165) is 25.7 Å². The van der Waals surface area contributed by atoms with Gasteiger partial charge in [0.2, 0.25) is 0 Å². The zero-order chi connectivity index (χ0) is 35.6. The molecule has 0 aromatic heterocycles. The van der Waals surface area contributed by atoms with E-state index in [0.29, 0.717) is 0 Å². The molecule has 0 aliphatic carbocycles. The van der Waals surface area contributed by atoms with E-state index in [1.807, 2.05) is 0 Å². The average Bonchev–Trinajstić information content (AvgIpc) is 3.08. The van der Waals surface area contributed by atoms with Crippen LogP contribution in [0.1, 0.15) is 250 Å². The molecule has 0 radical (unpaired) electrons. The Labute approximate surface area is 305 Å². The van der Waals surface area contributed by atoms with Gasteiger partial charge in [0.15, 0.2) is 0 Å². The molecule has 4 nitrogen and oxygen atoms in total. The van der Waals surface area contributed by atoms with E-state index in [9.17, 15) is 9.59 Å². The van der Waals surface area contributed by atoms with Gasteiger partial charge in [0.1, 0.15) is 0 Å². The van der Waals surface area contributed by atoms with Crippen LogP contribution in [0.3, 0.4) is 0 Å². The van der Waals surface area contributed by atoms with Gasteiger partial charge in [0, 0.05) is 12.2 Å². The number of carboxylic acid groups (broad SMARTS) is 2. The van der Waals surface area contributed by atoms with E-state index < -0.39 is 11.9 Å². The lowest BCUT2D eigenvalue weighted by molar-refractivity contribution is -0.132. The van der Waals surface area contributed by atoms with Gasteiger partial charge in [-0.2, -0.15) is 0 Å². The quantitative estimate of drug-likeness (QED) is 0.0494. The van der Waals surface area contributed by atoms with Crippen molar-refractivity contribution in [3.63, 3.8) is 0 Å². The largest absolute Gasteiger partial charge is 0.478 e. The van der Waals surface area contributed by atoms with Gasteiger partial charge >= 0.3 is 11.9 Å². The molecule has 288 valence electrons. The molecule has 0 saturated heterocycles. The molecule has 0 heterocycles. The Morgan fingerprint density at radius 3 is 0.490 bits per heavy atom. The molecular formula is C45H84O4. The highest BCUT2D eigenvalue weighted by atomic mass is 16.4. The van der Waals surface area contributed by atoms with E-state index in [-0.39, 0.29) is 0 Å². The summed E-state index contributed by atoms with van der Waals surface area (Å²) in [5.41, 5.74) is 0. The van der Waals surface area contributed by atoms with Crippen LogP contribution >= 0.6 is 0 Å². The summed E-state index contributed by atoms with van der Waals surface area (Å²) in [5.74, 6) is -1.66. The van der Waals surface area contributed by atoms with Crippen molar-refractivity contribution in [1.29, 1.82) is 0 Å². The summed E-state index contributed by atoms with van der Waals surface area (Å²) in [7, 11) is 0. The van der Waals surface area contributed by atoms with E-state index in [1.54, 1.807) is 12.2 Å². The van der Waals surface area contributed by atoms with Crippen molar-refractivity contribution in [2.75, 3.05) is 0 Å². The third-order valence-corrected chi connectivity index (χ3v) is 10.3. The zero-order valence-corrected chi connectivity index (χ0v) is 32.6. The van der Waals surface area contributed by atoms with Gasteiger partial charge in [-0.3, -0.25) is 0 Å². The van der Waals surface area contributed by atoms with Crippen LogP contribution in [-0.4, -0.2) is 22.2 Å². The number of hydrogen-bond acceptors (Lipinski definition) is 2. The standard InChI is InChI=1S/C45H84O4/c46-44(47)42-40-38-36-34-32-30-28-26-24-22-20-18-16-14-12-10-8-6-4-2-1-3-5-7-9-11-13-15-17-19-21-23-25-27-29-31-33-35-37-39-41-43-45(48)49/h40-43H,1-39H2,(H,46,47)(H,48,49). The molecule has 0 atom stereocenters. The van der Waals surface area contributed by atoms with Gasteiger partial charge in [0.25, 0.3) is 0 Å². The zero-order valence-electron chi connectivity index (χ0n) is 32.6. The first-order valence-electron chi connectivity index (χ1n) is 21.9. The average molecular weight is 689 g/mol. The first-order valence-corrected chi connectivity index (χ1v) is 21.9. The van der Waals surface area contributed by atoms with Crippen molar-refractivity contribution < 1.29 is 19.8 Å². The third kappa shape index (κ3) is 46.4. The molecular weight excluding hydrogens is 604 g/mol. The van der Waals surface area contributed by atoms with Crippen LogP contribution in [0.2, 0.25) is 0 Å². The van der Waals surface area contributed by atoms with Crippen molar-refractivity contribution in [3.8, 4) is 0 Å². The second kappa shape index (κ2) is 42.6. The van der Waals surface area contributed by atoms with Gasteiger partial charge < -0.3 is 10.2 Å². The lowest BCUT2D eigenvalue weighted by Crippen LogP contribution is -1.86. The maximum absolute atomic E-state index is 10.4. The van der Waals surface area contributed by atoms with Crippen molar-refractivity contribution >= 4 is 11.9 Å². The monoisotopic (exact) mass is 689 g/mol. The second-order valence-electron chi connectivity index (χ2n) is 15.1. The minimum atomic E-state index is -0.832. The van der Waals surface area contributed by atoms with Crippen LogP contribution in [0.15, 0.2) is 24.3 Å². The fourth-order valence-corrected chi connectivity index (χ4v) is 7.08. The van der Waals surface area contributed by atoms with Crippen molar-refractivity contribution in [3.05, 3.63) is 24.3 Å². The Balaban J connectivity index is 3.08. The fourth-order valence-electron chi connectivity index (χ4n) is 7.08. The molecule has 0 aliphatic rings. The van der Waals surface area contributed by atoms with Gasteiger partial charge in [-0.05, 0) is 25.7 Å². The van der Waals surface area contributed by atoms with E-state index in [1.165, 1.54) is 237 Å². The number of allylic oxidation sites excluding steroid dienone is 2. The number of hydrogen-bond donors (Lipinski definition) is 2. The summed E-state index contributed by atoms with van der Waals surface area (Å²) >= 11 is 0. The van der Waals surface area contributed by atoms with E-state index >= 15 is 0 Å². The molecule has 0 aromatic carbocycles. The first kappa shape index (κ1) is 47.4. The normalized spacial score (nSPS) is 11.8. The molecule has 0 aliphatic heterocycles. The molecule has 0 unspecified atom stereocenters. The topological polar surface area (TPSA) is 74.6 Å². The molecule has 0 fully saturated rings. The van der Waals surface area contributed by atoms with E-state index in [4.69, 9.17) is 10.2 Å². The smallest absolute Gasteiger partial charge is 0.327 e. The summed E-state index contributed by atoms with van der Waals surface area (Å²) in [4.78, 5) is 20.8. The molecule has 0 spiro atoms. The van der Waals surface area contributed by atoms with Crippen LogP contribution in [0.5, 0.6) is 0 Å². The highest BCUT2D eigenvalue weighted by Crippen LogP contribution is 2.17. The van der Waals surface area contributed by atoms with Crippen LogP contribution in [0, 0.1) is 0 Å². The molecule has 49 heavy (non-hydrogen) atoms. The van der Waals surface area contributed by atoms with Crippen LogP contribution in [0.25, 0.3) is 0 Å². The molecule has 0 rings (SSSR count). The predicted octanol–water partition coefficient (Wildman–Crippen LogP) is 15.5. The lowest BCUT2D eigenvalue weighted by atomic mass is 10.0. The highest BCUT2D eigenvalue weighted by Gasteiger charge is 1.98. The van der Waals surface area contributed by atoms with E-state index in [2.05, 4.69) is 0 Å². The van der Waals surface area contributed by atoms with Gasteiger partial charge in [-0.1, -0.05) is 237 Å². The first-order chi connectivity index (χ1) is 24.1. The summed E-state index contributed by atoms with van der Waals surface area (Å²) < 4.78 is 0. The Morgan fingerprint density at radius 2 is 0.367 bits per heavy atom. The Bertz CT molecular complexity index is 668. The Hall–Kier alpha value is -1.58. The summed E-state index contributed by atoms with van der Waals surface area (Å²) in [5, 5.41) is 17.1. The fraction of sp³-hybridized carbons (Fsp3) is 0.867. The van der Waals surface area contributed by atoms with Crippen molar-refractivity contribution in [1.82, 2.24) is 0 Å². The predicted molar refractivity (Wildman–Crippen MR) is 214 cm³/mol. The number of carbonyl (C=O) groups is 2. The third-order valence-electron chi connectivity index (χ3n) is 10.3. The summed E-state index contributed by atoms with van der Waals surface area (Å²) in [6.45, 7) is 0. The van der Waals surface area contributed by atoms with Crippen LogP contribution < -0.4 is 0 Å². The van der Waals surface area contributed by atoms with Gasteiger partial charge in [0.05, 0.1) is 0 Å². The van der Waals surface area contributed by atoms with Gasteiger partial charge in [-0.25, -0.2) is 9.59 Å². The van der Waals surface area contributed by atoms with Crippen molar-refractivity contribution in [2.45, 2.75) is 250 Å². The molecule has 0 saturated carbocycles. The number of unbranched alkanes of at least 4 members (excludes halogenated alkanes) is 38. The molecule has 0 bridgehead atoms. The number of carboxylic acids is 2. The maximum Gasteiger partial charge on any atom is 0.327 e. The number of rotatable bonds is 42. The SMILES string of the molecule is O=C(O)C=CCCCCCCCCCCCCCCCCCCCCCCCCCCCCCCCCCCCCCCCC=CC(=O)O. The number of aliphatic carboxylic acids is 2. The Kier molecular flexibility index (Phi) is 41.2. The minimum absolute atomic E-state index is 0.832. The van der Waals surface area contributed by atoms with Crippen molar-refractivity contribution in [2.24, 2.45) is 0 Å². The molecule has 2 N–H and O–H groups in total. The molecule has 4 heteroatoms. The highest BCUT2D eigenvalue weighted by molar-refractivity contribution is 5.79. The minimum Gasteiger partial charge on any atom is -0.478 e. The summed E-state index contributed by atoms with van der Waals surface area (Å²) in [6.07, 6.45) is 59.5. The van der Waals surface area contributed by atoms with Crippen LogP contribution in [0.4, 0.5) is 0 Å². The maximum atomic E-state index is 10.4. The lowest BCUT2D eigenvalue weighted by Gasteiger charge is -2.05. The molecule has 0 aromatic rings. The Morgan fingerprint density at radius 1 is 0.245 bits per heavy atom. The molecule has 0 amide bonds.